The average molecular weight is 176 g/mol. The largest absolute Gasteiger partial charge is 0.316 e. The lowest BCUT2D eigenvalue weighted by Gasteiger charge is -2.07. The van der Waals surface area contributed by atoms with Crippen LogP contribution in [0.1, 0.15) is 28.4 Å². The van der Waals surface area contributed by atoms with E-state index in [1.165, 1.54) is 5.56 Å². The molecule has 1 aliphatic heterocycles. The summed E-state index contributed by atoms with van der Waals surface area (Å²) in [5, 5.41) is 3.30. The topological polar surface area (TPSA) is 42.0 Å². The Morgan fingerprint density at radius 3 is 3.23 bits per heavy atom. The highest BCUT2D eigenvalue weighted by molar-refractivity contribution is 5.71. The molecule has 68 valence electrons. The predicted molar refractivity (Wildman–Crippen MR) is 49.9 cm³/mol. The summed E-state index contributed by atoms with van der Waals surface area (Å²) >= 11 is 0. The number of pyridine rings is 1. The quantitative estimate of drug-likeness (QED) is 0.683. The molecule has 13 heavy (non-hydrogen) atoms. The number of aldehydes is 1. The number of carbonyl (C=O) groups excluding carboxylic acids is 1. The Morgan fingerprint density at radius 1 is 1.62 bits per heavy atom. The fraction of sp³-hybridized carbons (Fsp3) is 0.400. The van der Waals surface area contributed by atoms with Gasteiger partial charge in [0.1, 0.15) is 5.69 Å². The number of nitrogens with zero attached hydrogens (tertiary/aromatic N) is 1. The Morgan fingerprint density at radius 2 is 2.54 bits per heavy atom. The van der Waals surface area contributed by atoms with E-state index < -0.39 is 0 Å². The van der Waals surface area contributed by atoms with Crippen LogP contribution in [0.5, 0.6) is 0 Å². The van der Waals surface area contributed by atoms with Crippen molar-refractivity contribution in [2.75, 3.05) is 13.1 Å². The summed E-state index contributed by atoms with van der Waals surface area (Å²) in [6.45, 7) is 2.09. The van der Waals surface area contributed by atoms with E-state index in [2.05, 4.69) is 10.3 Å². The second-order valence-electron chi connectivity index (χ2n) is 3.32. The average Bonchev–Trinajstić information content (AvgIpc) is 2.71. The van der Waals surface area contributed by atoms with Crippen LogP contribution < -0.4 is 5.32 Å². The molecule has 1 atom stereocenters. The smallest absolute Gasteiger partial charge is 0.168 e. The van der Waals surface area contributed by atoms with Crippen molar-refractivity contribution in [2.24, 2.45) is 0 Å². The minimum atomic E-state index is 0.532. The van der Waals surface area contributed by atoms with Crippen LogP contribution in [0.15, 0.2) is 18.3 Å². The van der Waals surface area contributed by atoms with E-state index in [1.54, 1.807) is 6.20 Å². The fourth-order valence-electron chi connectivity index (χ4n) is 1.72. The lowest BCUT2D eigenvalue weighted by atomic mass is 9.99. The summed E-state index contributed by atoms with van der Waals surface area (Å²) in [5.41, 5.74) is 1.76. The number of aromatic nitrogens is 1. The molecule has 1 fully saturated rings. The number of nitrogens with one attached hydrogen (secondary N) is 1. The van der Waals surface area contributed by atoms with Gasteiger partial charge in [0.2, 0.25) is 0 Å². The lowest BCUT2D eigenvalue weighted by molar-refractivity contribution is 0.111. The van der Waals surface area contributed by atoms with Gasteiger partial charge < -0.3 is 5.32 Å². The van der Waals surface area contributed by atoms with Gasteiger partial charge in [-0.15, -0.1) is 0 Å². The van der Waals surface area contributed by atoms with Crippen molar-refractivity contribution in [2.45, 2.75) is 12.3 Å². The van der Waals surface area contributed by atoms with Gasteiger partial charge in [-0.3, -0.25) is 9.78 Å². The molecule has 2 rings (SSSR count). The molecule has 1 saturated heterocycles. The molecule has 1 aromatic heterocycles. The third-order valence-electron chi connectivity index (χ3n) is 2.46. The van der Waals surface area contributed by atoms with E-state index in [0.29, 0.717) is 11.6 Å². The van der Waals surface area contributed by atoms with Crippen molar-refractivity contribution >= 4 is 6.29 Å². The number of hydrogen-bond donors (Lipinski definition) is 1. The van der Waals surface area contributed by atoms with Gasteiger partial charge in [-0.25, -0.2) is 0 Å². The zero-order valence-corrected chi connectivity index (χ0v) is 7.36. The fourth-order valence-corrected chi connectivity index (χ4v) is 1.72. The molecular formula is C10H12N2O. The van der Waals surface area contributed by atoms with Crippen LogP contribution in [0.4, 0.5) is 0 Å². The highest BCUT2D eigenvalue weighted by Crippen LogP contribution is 2.21. The molecule has 0 aromatic carbocycles. The number of hydrogen-bond acceptors (Lipinski definition) is 3. The van der Waals surface area contributed by atoms with Crippen LogP contribution in [0, 0.1) is 0 Å². The first-order chi connectivity index (χ1) is 6.40. The van der Waals surface area contributed by atoms with E-state index in [4.69, 9.17) is 0 Å². The van der Waals surface area contributed by atoms with Crippen molar-refractivity contribution in [3.63, 3.8) is 0 Å². The minimum Gasteiger partial charge on any atom is -0.316 e. The molecule has 0 spiro atoms. The van der Waals surface area contributed by atoms with Gasteiger partial charge in [-0.1, -0.05) is 0 Å². The zero-order chi connectivity index (χ0) is 9.10. The minimum absolute atomic E-state index is 0.532. The van der Waals surface area contributed by atoms with Gasteiger partial charge in [-0.2, -0.15) is 0 Å². The molecule has 3 heteroatoms. The van der Waals surface area contributed by atoms with Crippen molar-refractivity contribution in [1.82, 2.24) is 10.3 Å². The van der Waals surface area contributed by atoms with Gasteiger partial charge >= 0.3 is 0 Å². The van der Waals surface area contributed by atoms with Crippen molar-refractivity contribution in [3.8, 4) is 0 Å². The Labute approximate surface area is 77.2 Å². The van der Waals surface area contributed by atoms with Crippen LogP contribution in [0.25, 0.3) is 0 Å². The molecule has 3 nitrogen and oxygen atoms in total. The van der Waals surface area contributed by atoms with Gasteiger partial charge in [0.15, 0.2) is 6.29 Å². The van der Waals surface area contributed by atoms with Crippen LogP contribution >= 0.6 is 0 Å². The van der Waals surface area contributed by atoms with Gasteiger partial charge in [0, 0.05) is 12.7 Å². The molecule has 0 bridgehead atoms. The third-order valence-corrected chi connectivity index (χ3v) is 2.46. The first-order valence-electron chi connectivity index (χ1n) is 4.52. The first-order valence-corrected chi connectivity index (χ1v) is 4.52. The van der Waals surface area contributed by atoms with Crippen molar-refractivity contribution < 1.29 is 4.79 Å². The maximum absolute atomic E-state index is 10.5. The van der Waals surface area contributed by atoms with Gasteiger partial charge in [0.25, 0.3) is 0 Å². The second kappa shape index (κ2) is 3.66. The van der Waals surface area contributed by atoms with E-state index in [-0.39, 0.29) is 0 Å². The zero-order valence-electron chi connectivity index (χ0n) is 7.36. The molecule has 1 N–H and O–H groups in total. The summed E-state index contributed by atoms with van der Waals surface area (Å²) in [6, 6.07) is 3.87. The summed E-state index contributed by atoms with van der Waals surface area (Å²) in [4.78, 5) is 14.4. The molecule has 1 unspecified atom stereocenters. The molecule has 0 amide bonds. The summed E-state index contributed by atoms with van der Waals surface area (Å²) in [5.74, 6) is 0.557. The van der Waals surface area contributed by atoms with Gasteiger partial charge in [0.05, 0.1) is 0 Å². The maximum Gasteiger partial charge on any atom is 0.168 e. The van der Waals surface area contributed by atoms with E-state index in [0.717, 1.165) is 25.8 Å². The summed E-state index contributed by atoms with van der Waals surface area (Å²) in [6.07, 6.45) is 3.66. The maximum atomic E-state index is 10.5. The molecule has 1 aromatic rings. The predicted octanol–water partition coefficient (Wildman–Crippen LogP) is 0.971. The molecule has 1 aliphatic rings. The lowest BCUT2D eigenvalue weighted by Crippen LogP contribution is -2.08. The summed E-state index contributed by atoms with van der Waals surface area (Å²) in [7, 11) is 0. The highest BCUT2D eigenvalue weighted by Gasteiger charge is 2.16. The molecular weight excluding hydrogens is 164 g/mol. The Bertz CT molecular complexity index is 306. The Hall–Kier alpha value is -1.22. The molecule has 2 heterocycles. The van der Waals surface area contributed by atoms with Gasteiger partial charge in [-0.05, 0) is 36.6 Å². The van der Waals surface area contributed by atoms with E-state index in [1.807, 2.05) is 12.1 Å². The van der Waals surface area contributed by atoms with Crippen LogP contribution in [0.2, 0.25) is 0 Å². The van der Waals surface area contributed by atoms with E-state index >= 15 is 0 Å². The van der Waals surface area contributed by atoms with Crippen LogP contribution in [0.3, 0.4) is 0 Å². The van der Waals surface area contributed by atoms with Crippen LogP contribution in [-0.2, 0) is 0 Å². The first kappa shape index (κ1) is 8.38. The normalized spacial score (nSPS) is 21.7. The standard InChI is InChI=1S/C10H12N2O/c13-7-10-5-8(2-4-12-10)9-1-3-11-6-9/h2,4-5,7,9,11H,1,3,6H2. The third kappa shape index (κ3) is 1.75. The number of carbonyl (C=O) groups is 1. The van der Waals surface area contributed by atoms with Crippen LogP contribution in [-0.4, -0.2) is 24.4 Å². The number of rotatable bonds is 2. The van der Waals surface area contributed by atoms with E-state index in [9.17, 15) is 4.79 Å². The Kier molecular flexibility index (Phi) is 2.36. The molecule has 0 aliphatic carbocycles. The molecule has 0 saturated carbocycles. The highest BCUT2D eigenvalue weighted by atomic mass is 16.1. The summed E-state index contributed by atoms with van der Waals surface area (Å²) < 4.78 is 0. The van der Waals surface area contributed by atoms with Crippen molar-refractivity contribution in [3.05, 3.63) is 29.6 Å². The monoisotopic (exact) mass is 176 g/mol. The second-order valence-corrected chi connectivity index (χ2v) is 3.32. The Balaban J connectivity index is 2.23. The SMILES string of the molecule is O=Cc1cc(C2CCNC2)ccn1. The van der Waals surface area contributed by atoms with Crippen molar-refractivity contribution in [1.29, 1.82) is 0 Å². The molecule has 0 radical (unpaired) electrons.